The van der Waals surface area contributed by atoms with Gasteiger partial charge in [-0.15, -0.1) is 10.2 Å². The van der Waals surface area contributed by atoms with Crippen molar-refractivity contribution in [3.8, 4) is 0 Å². The highest BCUT2D eigenvalue weighted by Crippen LogP contribution is 2.48. The van der Waals surface area contributed by atoms with Crippen LogP contribution in [-0.4, -0.2) is 17.2 Å². The van der Waals surface area contributed by atoms with E-state index < -0.39 is 0 Å². The summed E-state index contributed by atoms with van der Waals surface area (Å²) in [6, 6.07) is 0. The molecule has 1 heterocycles. The van der Waals surface area contributed by atoms with Crippen molar-refractivity contribution in [1.29, 1.82) is 0 Å². The summed E-state index contributed by atoms with van der Waals surface area (Å²) >= 11 is 0. The van der Waals surface area contributed by atoms with Gasteiger partial charge in [-0.05, 0) is 25.3 Å². The van der Waals surface area contributed by atoms with Crippen LogP contribution in [0.3, 0.4) is 0 Å². The fourth-order valence-electron chi connectivity index (χ4n) is 2.41. The summed E-state index contributed by atoms with van der Waals surface area (Å²) in [6.07, 6.45) is 3.69. The quantitative estimate of drug-likeness (QED) is 0.828. The predicted octanol–water partition coefficient (Wildman–Crippen LogP) is 2.08. The smallest absolute Gasteiger partial charge is 0.230 e. The molecule has 1 aliphatic carbocycles. The Labute approximate surface area is 90.5 Å². The Morgan fingerprint density at radius 1 is 1.47 bits per heavy atom. The topological polar surface area (TPSA) is 51.0 Å². The first-order valence-corrected chi connectivity index (χ1v) is 5.60. The Kier molecular flexibility index (Phi) is 2.78. The second kappa shape index (κ2) is 3.93. The third-order valence-electron chi connectivity index (χ3n) is 3.37. The van der Waals surface area contributed by atoms with E-state index in [1.807, 2.05) is 7.05 Å². The van der Waals surface area contributed by atoms with Crippen LogP contribution in [0.1, 0.15) is 50.8 Å². The van der Waals surface area contributed by atoms with Crippen molar-refractivity contribution in [2.24, 2.45) is 5.41 Å². The Morgan fingerprint density at radius 3 is 2.87 bits per heavy atom. The Bertz CT molecular complexity index is 332. The molecule has 1 atom stereocenters. The zero-order chi connectivity index (χ0) is 10.9. The Morgan fingerprint density at radius 2 is 2.27 bits per heavy atom. The fraction of sp³-hybridized carbons (Fsp3) is 0.818. The molecule has 0 radical (unpaired) electrons. The van der Waals surface area contributed by atoms with Gasteiger partial charge < -0.3 is 9.73 Å². The summed E-state index contributed by atoms with van der Waals surface area (Å²) in [7, 11) is 1.88. The van der Waals surface area contributed by atoms with Gasteiger partial charge in [0.2, 0.25) is 11.8 Å². The average molecular weight is 209 g/mol. The molecule has 1 unspecified atom stereocenters. The summed E-state index contributed by atoms with van der Waals surface area (Å²) in [5.41, 5.74) is 0.309. The first kappa shape index (κ1) is 10.6. The molecule has 84 valence electrons. The van der Waals surface area contributed by atoms with Gasteiger partial charge in [0.05, 0.1) is 6.54 Å². The summed E-state index contributed by atoms with van der Waals surface area (Å²) < 4.78 is 5.66. The number of hydrogen-bond acceptors (Lipinski definition) is 4. The summed E-state index contributed by atoms with van der Waals surface area (Å²) in [4.78, 5) is 0. The molecule has 1 saturated carbocycles. The van der Waals surface area contributed by atoms with Gasteiger partial charge in [0, 0.05) is 5.92 Å². The van der Waals surface area contributed by atoms with Crippen molar-refractivity contribution < 1.29 is 4.42 Å². The second-order valence-electron chi connectivity index (χ2n) is 5.00. The van der Waals surface area contributed by atoms with E-state index >= 15 is 0 Å². The van der Waals surface area contributed by atoms with Crippen LogP contribution in [0.15, 0.2) is 4.42 Å². The number of hydrogen-bond donors (Lipinski definition) is 1. The molecule has 15 heavy (non-hydrogen) atoms. The normalized spacial score (nSPS) is 24.6. The van der Waals surface area contributed by atoms with Crippen molar-refractivity contribution in [2.75, 3.05) is 7.05 Å². The van der Waals surface area contributed by atoms with Gasteiger partial charge >= 0.3 is 0 Å². The van der Waals surface area contributed by atoms with E-state index in [1.165, 1.54) is 19.3 Å². The lowest BCUT2D eigenvalue weighted by Gasteiger charge is -2.23. The lowest BCUT2D eigenvalue weighted by Crippen LogP contribution is -2.15. The largest absolute Gasteiger partial charge is 0.424 e. The molecule has 4 nitrogen and oxygen atoms in total. The third kappa shape index (κ3) is 2.04. The van der Waals surface area contributed by atoms with Gasteiger partial charge in [-0.25, -0.2) is 0 Å². The van der Waals surface area contributed by atoms with E-state index in [0.717, 1.165) is 5.89 Å². The zero-order valence-corrected chi connectivity index (χ0v) is 9.71. The molecule has 1 fully saturated rings. The molecule has 0 bridgehead atoms. The highest BCUT2D eigenvalue weighted by molar-refractivity contribution is 5.02. The van der Waals surface area contributed by atoms with Crippen LogP contribution in [0, 0.1) is 5.41 Å². The number of nitrogens with one attached hydrogen (secondary N) is 1. The Hall–Kier alpha value is -0.900. The van der Waals surface area contributed by atoms with Crippen LogP contribution in [-0.2, 0) is 6.54 Å². The van der Waals surface area contributed by atoms with E-state index in [9.17, 15) is 0 Å². The Balaban J connectivity index is 2.15. The van der Waals surface area contributed by atoms with Gasteiger partial charge in [-0.2, -0.15) is 0 Å². The fourth-order valence-corrected chi connectivity index (χ4v) is 2.41. The van der Waals surface area contributed by atoms with Crippen LogP contribution in [0.5, 0.6) is 0 Å². The van der Waals surface area contributed by atoms with Crippen LogP contribution in [0.25, 0.3) is 0 Å². The van der Waals surface area contributed by atoms with Gasteiger partial charge in [-0.1, -0.05) is 20.3 Å². The minimum atomic E-state index is 0.309. The summed E-state index contributed by atoms with van der Waals surface area (Å²) in [5.74, 6) is 1.95. The lowest BCUT2D eigenvalue weighted by atomic mass is 9.82. The third-order valence-corrected chi connectivity index (χ3v) is 3.37. The first-order valence-electron chi connectivity index (χ1n) is 5.60. The van der Waals surface area contributed by atoms with Crippen molar-refractivity contribution in [1.82, 2.24) is 15.5 Å². The molecule has 4 heteroatoms. The van der Waals surface area contributed by atoms with Gasteiger partial charge in [0.1, 0.15) is 0 Å². The van der Waals surface area contributed by atoms with E-state index in [0.29, 0.717) is 23.8 Å². The maximum absolute atomic E-state index is 5.66. The van der Waals surface area contributed by atoms with Crippen LogP contribution in [0.4, 0.5) is 0 Å². The molecule has 1 aromatic rings. The van der Waals surface area contributed by atoms with Crippen molar-refractivity contribution >= 4 is 0 Å². The molecule has 1 aromatic heterocycles. The molecule has 0 spiro atoms. The molecular weight excluding hydrogens is 190 g/mol. The van der Waals surface area contributed by atoms with Crippen molar-refractivity contribution in [3.63, 3.8) is 0 Å². The number of nitrogens with zero attached hydrogens (tertiary/aromatic N) is 2. The van der Waals surface area contributed by atoms with E-state index in [1.54, 1.807) is 0 Å². The maximum atomic E-state index is 5.66. The van der Waals surface area contributed by atoms with Crippen LogP contribution < -0.4 is 5.32 Å². The molecule has 0 aromatic carbocycles. The minimum Gasteiger partial charge on any atom is -0.424 e. The molecule has 0 amide bonds. The minimum absolute atomic E-state index is 0.309. The van der Waals surface area contributed by atoms with Gasteiger partial charge in [0.25, 0.3) is 0 Å². The first-order chi connectivity index (χ1) is 7.13. The highest BCUT2D eigenvalue weighted by atomic mass is 16.4. The second-order valence-corrected chi connectivity index (χ2v) is 5.00. The SMILES string of the molecule is CNCc1nnc(C2CCCC2(C)C)o1. The highest BCUT2D eigenvalue weighted by Gasteiger charge is 2.38. The van der Waals surface area contributed by atoms with E-state index in [2.05, 4.69) is 29.4 Å². The van der Waals surface area contributed by atoms with Crippen LogP contribution >= 0.6 is 0 Å². The molecule has 0 saturated heterocycles. The van der Waals surface area contributed by atoms with E-state index in [-0.39, 0.29) is 0 Å². The molecule has 1 aliphatic rings. The molecule has 0 aliphatic heterocycles. The van der Waals surface area contributed by atoms with Gasteiger partial charge in [-0.3, -0.25) is 0 Å². The zero-order valence-electron chi connectivity index (χ0n) is 9.71. The van der Waals surface area contributed by atoms with Crippen LogP contribution in [0.2, 0.25) is 0 Å². The monoisotopic (exact) mass is 209 g/mol. The average Bonchev–Trinajstić information content (AvgIpc) is 2.72. The number of aromatic nitrogens is 2. The van der Waals surface area contributed by atoms with Crippen molar-refractivity contribution in [3.05, 3.63) is 11.8 Å². The summed E-state index contributed by atoms with van der Waals surface area (Å²) in [6.45, 7) is 5.22. The van der Waals surface area contributed by atoms with Gasteiger partial charge in [0.15, 0.2) is 0 Å². The predicted molar refractivity (Wildman–Crippen MR) is 57.4 cm³/mol. The maximum Gasteiger partial charge on any atom is 0.230 e. The molecule has 1 N–H and O–H groups in total. The van der Waals surface area contributed by atoms with E-state index in [4.69, 9.17) is 4.42 Å². The molecular formula is C11H19N3O. The molecule has 2 rings (SSSR count). The summed E-state index contributed by atoms with van der Waals surface area (Å²) in [5, 5.41) is 11.2. The van der Waals surface area contributed by atoms with Crippen molar-refractivity contribution in [2.45, 2.75) is 45.6 Å². The number of rotatable bonds is 3. The lowest BCUT2D eigenvalue weighted by molar-refractivity contribution is 0.280. The standard InChI is InChI=1S/C11H19N3O/c1-11(2)6-4-5-8(11)10-14-13-9(15-10)7-12-3/h8,12H,4-7H2,1-3H3.